The fraction of sp³-hybridized carbons (Fsp3) is 0. The van der Waals surface area contributed by atoms with Crippen molar-refractivity contribution in [2.45, 2.75) is 0 Å². The van der Waals surface area contributed by atoms with Crippen LogP contribution in [0.1, 0.15) is 0 Å². The molecule has 3 nitrogen and oxygen atoms in total. The van der Waals surface area contributed by atoms with Gasteiger partial charge in [-0.1, -0.05) is 188 Å². The Balaban J connectivity index is 1.26. The summed E-state index contributed by atoms with van der Waals surface area (Å²) in [6, 6.07) is 73.2. The zero-order valence-electron chi connectivity index (χ0n) is 30.0. The maximum atomic E-state index is 15.3. The standard InChI is InChI=1S/C51H35N2OP/c54-55(42-24-12-4-13-25-42,43-26-14-5-15-27-43)44-33-32-38-34-40(31-30-39(38)35-44)47-45-28-16-17-29-46(45)51-49(48(47)36-18-6-1-7-19-36)50(37-20-8-2-9-21-37)52-53(51)41-22-10-3-11-23-41/h1-35H. The first-order valence-electron chi connectivity index (χ1n) is 18.6. The van der Waals surface area contributed by atoms with Crippen molar-refractivity contribution in [3.05, 3.63) is 212 Å². The molecule has 55 heavy (non-hydrogen) atoms. The molecule has 1 heterocycles. The van der Waals surface area contributed by atoms with Crippen LogP contribution in [0.15, 0.2) is 212 Å². The van der Waals surface area contributed by atoms with Crippen LogP contribution in [-0.2, 0) is 4.57 Å². The molecule has 0 amide bonds. The van der Waals surface area contributed by atoms with Gasteiger partial charge in [0.25, 0.3) is 0 Å². The molecule has 260 valence electrons. The first-order valence-corrected chi connectivity index (χ1v) is 20.3. The van der Waals surface area contributed by atoms with Crippen LogP contribution >= 0.6 is 7.14 Å². The lowest BCUT2D eigenvalue weighted by Crippen LogP contribution is -2.24. The van der Waals surface area contributed by atoms with Crippen LogP contribution in [0.4, 0.5) is 0 Å². The van der Waals surface area contributed by atoms with E-state index in [2.05, 4.69) is 150 Å². The number of nitrogens with zero attached hydrogens (tertiary/aromatic N) is 2. The molecular formula is C51H35N2OP. The predicted molar refractivity (Wildman–Crippen MR) is 232 cm³/mol. The lowest BCUT2D eigenvalue weighted by molar-refractivity contribution is 0.592. The molecule has 0 atom stereocenters. The van der Waals surface area contributed by atoms with Crippen molar-refractivity contribution in [3.8, 4) is 39.2 Å². The van der Waals surface area contributed by atoms with E-state index < -0.39 is 7.14 Å². The van der Waals surface area contributed by atoms with Gasteiger partial charge in [0.1, 0.15) is 5.69 Å². The topological polar surface area (TPSA) is 34.9 Å². The largest absolute Gasteiger partial charge is 0.309 e. The highest BCUT2D eigenvalue weighted by Gasteiger charge is 2.30. The average molecular weight is 723 g/mol. The fourth-order valence-electron chi connectivity index (χ4n) is 8.13. The summed E-state index contributed by atoms with van der Waals surface area (Å²) in [5, 5.41) is 13.4. The summed E-state index contributed by atoms with van der Waals surface area (Å²) in [6.45, 7) is 0. The summed E-state index contributed by atoms with van der Waals surface area (Å²) < 4.78 is 17.4. The van der Waals surface area contributed by atoms with Crippen LogP contribution in [-0.4, -0.2) is 9.78 Å². The smallest absolute Gasteiger partial charge is 0.171 e. The molecule has 0 saturated carbocycles. The zero-order valence-corrected chi connectivity index (χ0v) is 30.9. The van der Waals surface area contributed by atoms with Gasteiger partial charge in [0, 0.05) is 37.8 Å². The van der Waals surface area contributed by atoms with Crippen LogP contribution < -0.4 is 15.9 Å². The molecule has 1 aromatic heterocycles. The molecule has 0 aliphatic carbocycles. The van der Waals surface area contributed by atoms with Gasteiger partial charge in [0.15, 0.2) is 7.14 Å². The Labute approximate surface area is 320 Å². The first-order chi connectivity index (χ1) is 27.2. The molecule has 9 aromatic carbocycles. The van der Waals surface area contributed by atoms with Crippen LogP contribution in [0.5, 0.6) is 0 Å². The van der Waals surface area contributed by atoms with E-state index in [0.717, 1.165) is 87.6 Å². The van der Waals surface area contributed by atoms with Crippen LogP contribution in [0.25, 0.3) is 71.6 Å². The molecule has 0 saturated heterocycles. The minimum absolute atomic E-state index is 0.822. The quantitative estimate of drug-likeness (QED) is 0.154. The molecular weight excluding hydrogens is 688 g/mol. The lowest BCUT2D eigenvalue weighted by Gasteiger charge is -2.21. The van der Waals surface area contributed by atoms with Gasteiger partial charge in [0.05, 0.1) is 11.2 Å². The van der Waals surface area contributed by atoms with Crippen molar-refractivity contribution in [3.63, 3.8) is 0 Å². The third kappa shape index (κ3) is 5.52. The minimum Gasteiger partial charge on any atom is -0.309 e. The van der Waals surface area contributed by atoms with Crippen molar-refractivity contribution in [2.75, 3.05) is 0 Å². The number of hydrogen-bond donors (Lipinski definition) is 0. The van der Waals surface area contributed by atoms with Gasteiger partial charge in [-0.2, -0.15) is 5.10 Å². The number of fused-ring (bicyclic) bond motifs is 4. The molecule has 10 rings (SSSR count). The molecule has 0 bridgehead atoms. The molecule has 0 aliphatic rings. The number of hydrogen-bond acceptors (Lipinski definition) is 2. The highest BCUT2D eigenvalue weighted by Crippen LogP contribution is 2.49. The van der Waals surface area contributed by atoms with Gasteiger partial charge in [-0.15, -0.1) is 0 Å². The summed E-state index contributed by atoms with van der Waals surface area (Å²) in [5.41, 5.74) is 8.62. The lowest BCUT2D eigenvalue weighted by atomic mass is 9.85. The Morgan fingerprint density at radius 2 is 0.909 bits per heavy atom. The number of rotatable bonds is 7. The Kier molecular flexibility index (Phi) is 8.09. The summed E-state index contributed by atoms with van der Waals surface area (Å²) in [5.74, 6) is 0. The molecule has 0 aliphatic heterocycles. The third-order valence-electron chi connectivity index (χ3n) is 10.7. The number of benzene rings is 9. The van der Waals surface area contributed by atoms with Crippen molar-refractivity contribution < 1.29 is 4.57 Å². The maximum absolute atomic E-state index is 15.3. The van der Waals surface area contributed by atoms with Gasteiger partial charge >= 0.3 is 0 Å². The second-order valence-corrected chi connectivity index (χ2v) is 16.6. The highest BCUT2D eigenvalue weighted by atomic mass is 31.2. The van der Waals surface area contributed by atoms with E-state index in [-0.39, 0.29) is 0 Å². The maximum Gasteiger partial charge on any atom is 0.171 e. The SMILES string of the molecule is O=P(c1ccccc1)(c1ccccc1)c1ccc2cc(-c3c(-c4ccccc4)c4c(-c5ccccc5)nn(-c5ccccc5)c4c4ccccc34)ccc2c1. The summed E-state index contributed by atoms with van der Waals surface area (Å²) in [7, 11) is -3.13. The zero-order chi connectivity index (χ0) is 36.8. The van der Waals surface area contributed by atoms with Gasteiger partial charge in [-0.25, -0.2) is 4.68 Å². The predicted octanol–water partition coefficient (Wildman–Crippen LogP) is 12.0. The molecule has 0 N–H and O–H groups in total. The van der Waals surface area contributed by atoms with E-state index in [4.69, 9.17) is 5.10 Å². The molecule has 0 unspecified atom stereocenters. The Morgan fingerprint density at radius 1 is 0.400 bits per heavy atom. The third-order valence-corrected chi connectivity index (χ3v) is 13.7. The fourth-order valence-corrected chi connectivity index (χ4v) is 10.8. The Bertz CT molecular complexity index is 2990. The van der Waals surface area contributed by atoms with Crippen molar-refractivity contribution in [1.82, 2.24) is 9.78 Å². The molecule has 0 fully saturated rings. The summed E-state index contributed by atoms with van der Waals surface area (Å²) in [4.78, 5) is 0. The second-order valence-electron chi connectivity index (χ2n) is 13.9. The first kappa shape index (κ1) is 32.8. The van der Waals surface area contributed by atoms with Crippen LogP contribution in [0.3, 0.4) is 0 Å². The van der Waals surface area contributed by atoms with Crippen LogP contribution in [0, 0.1) is 0 Å². The highest BCUT2D eigenvalue weighted by molar-refractivity contribution is 7.85. The second kappa shape index (κ2) is 13.6. The van der Waals surface area contributed by atoms with Gasteiger partial charge in [-0.05, 0) is 57.1 Å². The van der Waals surface area contributed by atoms with E-state index in [1.807, 2.05) is 66.7 Å². The van der Waals surface area contributed by atoms with E-state index >= 15 is 4.57 Å². The monoisotopic (exact) mass is 722 g/mol. The average Bonchev–Trinajstić information content (AvgIpc) is 3.67. The van der Waals surface area contributed by atoms with E-state index in [1.165, 1.54) is 0 Å². The van der Waals surface area contributed by atoms with Crippen molar-refractivity contribution in [1.29, 1.82) is 0 Å². The minimum atomic E-state index is -3.13. The van der Waals surface area contributed by atoms with Gasteiger partial charge in [0.2, 0.25) is 0 Å². The van der Waals surface area contributed by atoms with E-state index in [0.29, 0.717) is 0 Å². The van der Waals surface area contributed by atoms with Gasteiger partial charge in [-0.3, -0.25) is 0 Å². The number of para-hydroxylation sites is 1. The Morgan fingerprint density at radius 3 is 1.55 bits per heavy atom. The van der Waals surface area contributed by atoms with Gasteiger partial charge < -0.3 is 4.57 Å². The molecule has 4 heteroatoms. The molecule has 10 aromatic rings. The Hall–Kier alpha value is -6.80. The van der Waals surface area contributed by atoms with Crippen molar-refractivity contribution >= 4 is 55.5 Å². The van der Waals surface area contributed by atoms with Crippen molar-refractivity contribution in [2.24, 2.45) is 0 Å². The number of aromatic nitrogens is 2. The normalized spacial score (nSPS) is 11.7. The molecule has 0 spiro atoms. The van der Waals surface area contributed by atoms with Crippen LogP contribution in [0.2, 0.25) is 0 Å². The summed E-state index contributed by atoms with van der Waals surface area (Å²) in [6.07, 6.45) is 0. The van der Waals surface area contributed by atoms with E-state index in [9.17, 15) is 0 Å². The molecule has 0 radical (unpaired) electrons. The summed E-state index contributed by atoms with van der Waals surface area (Å²) >= 11 is 0. The van der Waals surface area contributed by atoms with E-state index in [1.54, 1.807) is 0 Å².